The number of aryl methyl sites for hydroxylation is 3. The molecule has 0 bridgehead atoms. The summed E-state index contributed by atoms with van der Waals surface area (Å²) in [6.45, 7) is 4.47. The summed E-state index contributed by atoms with van der Waals surface area (Å²) in [5.74, 6) is 1.74. The molecule has 1 aliphatic rings. The monoisotopic (exact) mass is 299 g/mol. The summed E-state index contributed by atoms with van der Waals surface area (Å²) in [6, 6.07) is 6.32. The fraction of sp³-hybridized carbons (Fsp3) is 0.471. The van der Waals surface area contributed by atoms with Crippen molar-refractivity contribution in [2.75, 3.05) is 0 Å². The molecule has 1 aromatic carbocycles. The Kier molecular flexibility index (Phi) is 4.22. The molecule has 0 aliphatic heterocycles. The van der Waals surface area contributed by atoms with Gasteiger partial charge >= 0.3 is 0 Å². The average Bonchev–Trinajstić information content (AvgIpc) is 3.23. The molecular formula is C17H21N3O2. The molecule has 2 aromatic rings. The number of amides is 1. The number of nitrogens with zero attached hydrogens (tertiary/aromatic N) is 2. The minimum atomic E-state index is 0.00569. The zero-order chi connectivity index (χ0) is 15.5. The van der Waals surface area contributed by atoms with E-state index in [1.54, 1.807) is 0 Å². The summed E-state index contributed by atoms with van der Waals surface area (Å²) in [7, 11) is 0. The van der Waals surface area contributed by atoms with Gasteiger partial charge in [0.2, 0.25) is 11.8 Å². The van der Waals surface area contributed by atoms with Gasteiger partial charge in [0.1, 0.15) is 0 Å². The summed E-state index contributed by atoms with van der Waals surface area (Å²) in [6.07, 6.45) is 3.49. The van der Waals surface area contributed by atoms with Crippen molar-refractivity contribution in [3.63, 3.8) is 0 Å². The first-order valence-corrected chi connectivity index (χ1v) is 7.77. The van der Waals surface area contributed by atoms with Gasteiger partial charge in [0.15, 0.2) is 5.82 Å². The first-order valence-electron chi connectivity index (χ1n) is 7.77. The van der Waals surface area contributed by atoms with E-state index in [9.17, 15) is 4.79 Å². The minimum Gasteiger partial charge on any atom is -0.347 e. The summed E-state index contributed by atoms with van der Waals surface area (Å²) in [5, 5.41) is 6.77. The van der Waals surface area contributed by atoms with Crippen molar-refractivity contribution in [1.82, 2.24) is 15.5 Å². The van der Waals surface area contributed by atoms with Gasteiger partial charge in [0.25, 0.3) is 0 Å². The fourth-order valence-electron chi connectivity index (χ4n) is 2.48. The van der Waals surface area contributed by atoms with Crippen LogP contribution in [0.4, 0.5) is 0 Å². The van der Waals surface area contributed by atoms with Crippen molar-refractivity contribution >= 4 is 5.91 Å². The number of hydrogen-bond acceptors (Lipinski definition) is 4. The average molecular weight is 299 g/mol. The van der Waals surface area contributed by atoms with Gasteiger partial charge in [-0.25, -0.2) is 0 Å². The molecule has 1 fully saturated rings. The molecule has 0 spiro atoms. The zero-order valence-electron chi connectivity index (χ0n) is 13.1. The molecule has 5 nitrogen and oxygen atoms in total. The Labute approximate surface area is 130 Å². The number of rotatable bonds is 6. The molecule has 1 N–H and O–H groups in total. The summed E-state index contributed by atoms with van der Waals surface area (Å²) < 4.78 is 5.14. The summed E-state index contributed by atoms with van der Waals surface area (Å²) in [4.78, 5) is 16.2. The maximum absolute atomic E-state index is 11.9. The third-order valence-electron chi connectivity index (χ3n) is 3.98. The van der Waals surface area contributed by atoms with Crippen LogP contribution in [0.15, 0.2) is 22.7 Å². The molecule has 116 valence electrons. The smallest absolute Gasteiger partial charge is 0.246 e. The quantitative estimate of drug-likeness (QED) is 0.890. The Bertz CT molecular complexity index is 674. The van der Waals surface area contributed by atoms with Gasteiger partial charge in [-0.1, -0.05) is 28.9 Å². The van der Waals surface area contributed by atoms with E-state index in [2.05, 4.69) is 47.5 Å². The largest absolute Gasteiger partial charge is 0.347 e. The second kappa shape index (κ2) is 6.30. The SMILES string of the molecule is Cc1ccc(CCC(=O)NCc2nc(C3CC3)no2)c(C)c1. The van der Waals surface area contributed by atoms with E-state index in [4.69, 9.17) is 4.52 Å². The number of hydrogen-bond donors (Lipinski definition) is 1. The Morgan fingerprint density at radius 1 is 1.36 bits per heavy atom. The van der Waals surface area contributed by atoms with Crippen LogP contribution in [-0.4, -0.2) is 16.0 Å². The molecule has 0 radical (unpaired) electrons. The second-order valence-corrected chi connectivity index (χ2v) is 6.03. The molecule has 1 aromatic heterocycles. The van der Waals surface area contributed by atoms with Crippen LogP contribution in [0.5, 0.6) is 0 Å². The van der Waals surface area contributed by atoms with Crippen molar-refractivity contribution in [1.29, 1.82) is 0 Å². The van der Waals surface area contributed by atoms with E-state index in [1.807, 2.05) is 0 Å². The fourth-order valence-corrected chi connectivity index (χ4v) is 2.48. The third-order valence-corrected chi connectivity index (χ3v) is 3.98. The Morgan fingerprint density at radius 3 is 2.91 bits per heavy atom. The Balaban J connectivity index is 1.45. The lowest BCUT2D eigenvalue weighted by molar-refractivity contribution is -0.121. The van der Waals surface area contributed by atoms with Crippen molar-refractivity contribution < 1.29 is 9.32 Å². The molecule has 1 amide bonds. The highest BCUT2D eigenvalue weighted by atomic mass is 16.5. The maximum atomic E-state index is 11.9. The molecule has 5 heteroatoms. The summed E-state index contributed by atoms with van der Waals surface area (Å²) >= 11 is 0. The van der Waals surface area contributed by atoms with Gasteiger partial charge in [-0.2, -0.15) is 4.98 Å². The van der Waals surface area contributed by atoms with Crippen LogP contribution < -0.4 is 5.32 Å². The lowest BCUT2D eigenvalue weighted by Gasteiger charge is -2.07. The van der Waals surface area contributed by atoms with Crippen LogP contribution in [-0.2, 0) is 17.8 Å². The highest BCUT2D eigenvalue weighted by Gasteiger charge is 2.28. The van der Waals surface area contributed by atoms with E-state index in [-0.39, 0.29) is 5.91 Å². The van der Waals surface area contributed by atoms with Gasteiger partial charge < -0.3 is 9.84 Å². The zero-order valence-corrected chi connectivity index (χ0v) is 13.1. The van der Waals surface area contributed by atoms with Gasteiger partial charge in [0, 0.05) is 12.3 Å². The predicted octanol–water partition coefficient (Wildman–Crippen LogP) is 2.81. The van der Waals surface area contributed by atoms with Crippen molar-refractivity contribution in [3.05, 3.63) is 46.6 Å². The number of carbonyl (C=O) groups excluding carboxylic acids is 1. The maximum Gasteiger partial charge on any atom is 0.246 e. The molecule has 1 heterocycles. The standard InChI is InChI=1S/C17H21N3O2/c1-11-3-4-13(12(2)9-11)7-8-15(21)18-10-16-19-17(20-22-16)14-5-6-14/h3-4,9,14H,5-8,10H2,1-2H3,(H,18,21). The summed E-state index contributed by atoms with van der Waals surface area (Å²) in [5.41, 5.74) is 3.70. The molecule has 1 saturated carbocycles. The normalized spacial score (nSPS) is 14.1. The number of carbonyl (C=O) groups is 1. The van der Waals surface area contributed by atoms with E-state index in [0.29, 0.717) is 24.8 Å². The Morgan fingerprint density at radius 2 is 2.18 bits per heavy atom. The van der Waals surface area contributed by atoms with Crippen LogP contribution in [0.2, 0.25) is 0 Å². The molecule has 1 aliphatic carbocycles. The van der Waals surface area contributed by atoms with Gasteiger partial charge in [-0.3, -0.25) is 4.79 Å². The second-order valence-electron chi connectivity index (χ2n) is 6.03. The first kappa shape index (κ1) is 14.8. The third kappa shape index (κ3) is 3.72. The number of nitrogens with one attached hydrogen (secondary N) is 1. The molecule has 0 atom stereocenters. The highest BCUT2D eigenvalue weighted by Crippen LogP contribution is 2.38. The van der Waals surface area contributed by atoms with Crippen LogP contribution in [0.3, 0.4) is 0 Å². The molecule has 3 rings (SSSR count). The Hall–Kier alpha value is -2.17. The van der Waals surface area contributed by atoms with Gasteiger partial charge in [0.05, 0.1) is 6.54 Å². The van der Waals surface area contributed by atoms with E-state index >= 15 is 0 Å². The molecular weight excluding hydrogens is 278 g/mol. The van der Waals surface area contributed by atoms with Crippen LogP contribution in [0, 0.1) is 13.8 Å². The lowest BCUT2D eigenvalue weighted by atomic mass is 10.0. The molecule has 22 heavy (non-hydrogen) atoms. The topological polar surface area (TPSA) is 68.0 Å². The van der Waals surface area contributed by atoms with Crippen molar-refractivity contribution in [2.24, 2.45) is 0 Å². The minimum absolute atomic E-state index is 0.00569. The van der Waals surface area contributed by atoms with E-state index in [0.717, 1.165) is 25.1 Å². The van der Waals surface area contributed by atoms with Gasteiger partial charge in [-0.15, -0.1) is 0 Å². The van der Waals surface area contributed by atoms with Crippen LogP contribution >= 0.6 is 0 Å². The van der Waals surface area contributed by atoms with Crippen molar-refractivity contribution in [2.45, 2.75) is 52.0 Å². The lowest BCUT2D eigenvalue weighted by Crippen LogP contribution is -2.23. The van der Waals surface area contributed by atoms with E-state index in [1.165, 1.54) is 16.7 Å². The first-order chi connectivity index (χ1) is 10.6. The molecule has 0 unspecified atom stereocenters. The van der Waals surface area contributed by atoms with Gasteiger partial charge in [-0.05, 0) is 44.2 Å². The van der Waals surface area contributed by atoms with Crippen LogP contribution in [0.25, 0.3) is 0 Å². The molecule has 0 saturated heterocycles. The van der Waals surface area contributed by atoms with E-state index < -0.39 is 0 Å². The number of benzene rings is 1. The highest BCUT2D eigenvalue weighted by molar-refractivity contribution is 5.76. The van der Waals surface area contributed by atoms with Crippen LogP contribution in [0.1, 0.15) is 53.6 Å². The number of aromatic nitrogens is 2. The predicted molar refractivity (Wildman–Crippen MR) is 82.4 cm³/mol. The van der Waals surface area contributed by atoms with Crippen molar-refractivity contribution in [3.8, 4) is 0 Å².